The molecule has 27 nitrogen and oxygen atoms in total. The number of nitrogens with one attached hydrogen (secondary N) is 3. The molecule has 36 heteroatoms. The summed E-state index contributed by atoms with van der Waals surface area (Å²) in [6.45, 7) is 3.11. The first-order chi connectivity index (χ1) is 38.6. The minimum Gasteiger partial charge on any atom is -0.339 e. The van der Waals surface area contributed by atoms with Gasteiger partial charge in [-0.15, -0.1) is 20.5 Å². The van der Waals surface area contributed by atoms with E-state index in [1.807, 2.05) is 12.1 Å². The fourth-order valence-corrected chi connectivity index (χ4v) is 13.7. The van der Waals surface area contributed by atoms with Gasteiger partial charge in [-0.2, -0.15) is 52.6 Å². The van der Waals surface area contributed by atoms with E-state index >= 15 is 0 Å². The number of aryl methyl sites for hydroxylation is 1. The molecule has 6 aromatic carbocycles. The Morgan fingerprint density at radius 1 is 0.506 bits per heavy atom. The molecule has 0 amide bonds. The second-order valence-electron chi connectivity index (χ2n) is 17.1. The van der Waals surface area contributed by atoms with Crippen molar-refractivity contribution in [2.45, 2.75) is 43.2 Å². The zero-order chi connectivity index (χ0) is 60.9. The summed E-state index contributed by atoms with van der Waals surface area (Å²) in [7, 11) is -30.2. The van der Waals surface area contributed by atoms with Crippen LogP contribution in [0.2, 0.25) is 10.0 Å². The lowest BCUT2D eigenvalue weighted by Gasteiger charge is -2.16. The molecule has 0 spiro atoms. The molecule has 0 aliphatic heterocycles. The van der Waals surface area contributed by atoms with Crippen LogP contribution >= 0.6 is 34.5 Å². The third-order valence-electron chi connectivity index (χ3n) is 11.5. The Morgan fingerprint density at radius 2 is 1.00 bits per heavy atom. The van der Waals surface area contributed by atoms with Crippen LogP contribution in [0.5, 0.6) is 0 Å². The summed E-state index contributed by atoms with van der Waals surface area (Å²) >= 11 is 12.7. The SMILES string of the molecule is Cc1ccc(S(=O)(=O)Nc2ccc(-c3c(/N=N/c4cc(S(=O)(=O)O)c5cc(S(=O)(=O)O)cc(S(=O)(=O)O)c5c4)sc(N=Nc4c(Nc5ccc(Cl)c(S(=O)(=O)O)c5)nc(Nc5ccc(Cl)c(S(=O)(=O)O)c5)c(C#N)c4C)c3C#N)cc2)cc1. The summed E-state index contributed by atoms with van der Waals surface area (Å²) in [5, 5.41) is 40.9. The van der Waals surface area contributed by atoms with E-state index in [9.17, 15) is 83.8 Å². The van der Waals surface area contributed by atoms with Gasteiger partial charge >= 0.3 is 0 Å². The molecule has 2 heterocycles. The Morgan fingerprint density at radius 3 is 1.52 bits per heavy atom. The van der Waals surface area contributed by atoms with Crippen molar-refractivity contribution in [2.24, 2.45) is 20.5 Å². The van der Waals surface area contributed by atoms with Crippen LogP contribution in [-0.4, -0.2) is 78.3 Å². The predicted molar refractivity (Wildman–Crippen MR) is 301 cm³/mol. The highest BCUT2D eigenvalue weighted by molar-refractivity contribution is 7.92. The third-order valence-corrected chi connectivity index (χ3v) is 19.2. The number of nitrogens with zero attached hydrogens (tertiary/aromatic N) is 7. The zero-order valence-electron chi connectivity index (χ0n) is 41.3. The molecule has 0 bridgehead atoms. The Balaban J connectivity index is 1.33. The van der Waals surface area contributed by atoms with E-state index in [0.717, 1.165) is 35.9 Å². The van der Waals surface area contributed by atoms with E-state index in [2.05, 4.69) is 40.8 Å². The summed E-state index contributed by atoms with van der Waals surface area (Å²) in [5.74, 6) is -0.658. The lowest BCUT2D eigenvalue weighted by Crippen LogP contribution is -2.12. The Hall–Kier alpha value is -7.91. The summed E-state index contributed by atoms with van der Waals surface area (Å²) < 4.78 is 203. The Kier molecular flexibility index (Phi) is 16.7. The number of sulfonamides is 1. The number of benzene rings is 6. The van der Waals surface area contributed by atoms with Gasteiger partial charge in [0.2, 0.25) is 0 Å². The maximum atomic E-state index is 13.3. The molecule has 2 aromatic heterocycles. The van der Waals surface area contributed by atoms with E-state index in [0.29, 0.717) is 29.5 Å². The summed E-state index contributed by atoms with van der Waals surface area (Å²) in [4.78, 5) is -0.750. The molecule has 0 aliphatic rings. The van der Waals surface area contributed by atoms with Gasteiger partial charge in [0.15, 0.2) is 16.6 Å². The third kappa shape index (κ3) is 13.5. The van der Waals surface area contributed by atoms with Gasteiger partial charge in [0, 0.05) is 39.0 Å². The number of thiophene rings is 1. The van der Waals surface area contributed by atoms with Crippen molar-refractivity contribution in [3.05, 3.63) is 141 Å². The molecule has 0 saturated carbocycles. The molecule has 0 radical (unpaired) electrons. The van der Waals surface area contributed by atoms with Crippen molar-refractivity contribution in [3.63, 3.8) is 0 Å². The van der Waals surface area contributed by atoms with Gasteiger partial charge in [-0.25, -0.2) is 13.4 Å². The quantitative estimate of drug-likeness (QED) is 0.0310. The molecule has 0 atom stereocenters. The number of hydrogen-bond acceptors (Lipinski definition) is 22. The van der Waals surface area contributed by atoms with E-state index < -0.39 is 107 Å². The average molecular weight is 1300 g/mol. The molecule has 8 aromatic rings. The zero-order valence-corrected chi connectivity index (χ0v) is 48.5. The first kappa shape index (κ1) is 61.2. The van der Waals surface area contributed by atoms with Crippen LogP contribution in [0.1, 0.15) is 22.3 Å². The molecule has 83 heavy (non-hydrogen) atoms. The number of fused-ring (bicyclic) bond motifs is 1. The molecule has 0 saturated heterocycles. The summed E-state index contributed by atoms with van der Waals surface area (Å²) in [6.07, 6.45) is 0. The monoisotopic (exact) mass is 1300 g/mol. The molecule has 8 N–H and O–H groups in total. The number of azo groups is 2. The fourth-order valence-electron chi connectivity index (χ4n) is 7.71. The highest BCUT2D eigenvalue weighted by Crippen LogP contribution is 2.49. The van der Waals surface area contributed by atoms with E-state index in [-0.39, 0.29) is 82.1 Å². The van der Waals surface area contributed by atoms with Gasteiger partial charge < -0.3 is 10.6 Å². The van der Waals surface area contributed by atoms with Crippen LogP contribution in [0.3, 0.4) is 0 Å². The first-order valence-electron chi connectivity index (χ1n) is 22.2. The number of rotatable bonds is 17. The molecular weight excluding hydrogens is 1270 g/mol. The topological polar surface area (TPSA) is 452 Å². The van der Waals surface area contributed by atoms with Gasteiger partial charge in [-0.05, 0) is 104 Å². The second-order valence-corrected chi connectivity index (χ2v) is 27.6. The standard InChI is InChI=1S/C47H32Cl2N10O17S7/c1-23-3-11-30(12-4-23)78(60,61)59-26-7-5-25(6-8-26)42-35(22-51)46(77-47(42)58-55-29-15-32-33(38(18-29)80(65,66)67)19-31(79(62,63)64)20-39(32)81(68,69)70)57-56-43-24(2)34(21-50)44(52-27-9-13-36(48)40(16-27)82(71,72)73)54-45(43)53-28-10-14-37(49)41(17-28)83(74,75)76/h3-20,59H,1-2H3,(H2,52,53,54)(H,62,63,64)(H,65,66,67)(H,68,69,70)(H,71,72,73)(H,74,75,76)/b57-56?,58-55+. The minimum absolute atomic E-state index is 0.0282. The van der Waals surface area contributed by atoms with Crippen LogP contribution < -0.4 is 15.4 Å². The molecule has 0 aliphatic carbocycles. The first-order valence-corrected chi connectivity index (χ1v) is 32.5. The molecule has 8 rings (SSSR count). The normalized spacial score (nSPS) is 12.6. The maximum absolute atomic E-state index is 13.3. The summed E-state index contributed by atoms with van der Waals surface area (Å²) in [5.41, 5.74) is -0.992. The van der Waals surface area contributed by atoms with Crippen molar-refractivity contribution >= 4 is 156 Å². The fraction of sp³-hybridized carbons (Fsp3) is 0.0426. The van der Waals surface area contributed by atoms with Crippen LogP contribution in [0.15, 0.2) is 159 Å². The van der Waals surface area contributed by atoms with Crippen LogP contribution in [0, 0.1) is 36.5 Å². The summed E-state index contributed by atoms with van der Waals surface area (Å²) in [6, 6.07) is 23.9. The van der Waals surface area contributed by atoms with Gasteiger partial charge in [-0.3, -0.25) is 27.5 Å². The molecular formula is C47H32Cl2N10O17S7. The van der Waals surface area contributed by atoms with E-state index in [1.165, 1.54) is 55.5 Å². The number of anilines is 5. The van der Waals surface area contributed by atoms with Crippen molar-refractivity contribution < 1.29 is 73.3 Å². The number of nitriles is 2. The van der Waals surface area contributed by atoms with Crippen LogP contribution in [-0.2, 0) is 60.6 Å². The van der Waals surface area contributed by atoms with Gasteiger partial charge in [-0.1, -0.05) is 64.4 Å². The van der Waals surface area contributed by atoms with Crippen LogP contribution in [0.4, 0.5) is 50.1 Å². The molecule has 0 fully saturated rings. The smallest absolute Gasteiger partial charge is 0.296 e. The number of halogens is 2. The molecule has 428 valence electrons. The number of pyridine rings is 1. The largest absolute Gasteiger partial charge is 0.339 e. The van der Waals surface area contributed by atoms with Crippen molar-refractivity contribution in [3.8, 4) is 23.3 Å². The number of aromatic nitrogens is 1. The van der Waals surface area contributed by atoms with Gasteiger partial charge in [0.05, 0.1) is 31.1 Å². The Labute approximate surface area is 485 Å². The van der Waals surface area contributed by atoms with Crippen molar-refractivity contribution in [2.75, 3.05) is 15.4 Å². The Bertz CT molecular complexity index is 4940. The minimum atomic E-state index is -5.46. The second kappa shape index (κ2) is 22.7. The highest BCUT2D eigenvalue weighted by Gasteiger charge is 2.28. The number of hydrogen-bond donors (Lipinski definition) is 8. The van der Waals surface area contributed by atoms with Gasteiger partial charge in [0.25, 0.3) is 60.6 Å². The van der Waals surface area contributed by atoms with Crippen molar-refractivity contribution in [1.29, 1.82) is 10.5 Å². The predicted octanol–water partition coefficient (Wildman–Crippen LogP) is 11.0. The lowest BCUT2D eigenvalue weighted by atomic mass is 10.0. The molecule has 0 unspecified atom stereocenters. The van der Waals surface area contributed by atoms with Crippen LogP contribution in [0.25, 0.3) is 21.9 Å². The van der Waals surface area contributed by atoms with E-state index in [4.69, 9.17) is 23.2 Å². The lowest BCUT2D eigenvalue weighted by molar-refractivity contribution is 0.478. The average Bonchev–Trinajstić information content (AvgIpc) is 3.76. The van der Waals surface area contributed by atoms with Gasteiger partial charge in [0.1, 0.15) is 48.0 Å². The maximum Gasteiger partial charge on any atom is 0.296 e. The van der Waals surface area contributed by atoms with E-state index in [1.54, 1.807) is 19.1 Å². The van der Waals surface area contributed by atoms with Crippen molar-refractivity contribution in [1.82, 2.24) is 4.98 Å². The highest BCUT2D eigenvalue weighted by atomic mass is 35.5.